The van der Waals surface area contributed by atoms with Crippen molar-refractivity contribution in [1.82, 2.24) is 4.98 Å². The average molecular weight is 382 g/mol. The Morgan fingerprint density at radius 3 is 1.50 bits per heavy atom. The van der Waals surface area contributed by atoms with Crippen molar-refractivity contribution >= 4 is 23.2 Å². The number of pyridine rings is 1. The summed E-state index contributed by atoms with van der Waals surface area (Å²) in [6.45, 7) is 0. The van der Waals surface area contributed by atoms with Crippen LogP contribution in [0.1, 0.15) is 12.0 Å². The highest BCUT2D eigenvalue weighted by Gasteiger charge is 2.44. The smallest absolute Gasteiger partial charge is 0.112 e. The van der Waals surface area contributed by atoms with Crippen LogP contribution < -0.4 is 15.9 Å². The highest BCUT2D eigenvalue weighted by Crippen LogP contribution is 2.55. The van der Waals surface area contributed by atoms with Crippen molar-refractivity contribution in [1.29, 1.82) is 0 Å². The number of aromatic nitrogens is 1. The van der Waals surface area contributed by atoms with Gasteiger partial charge in [0.15, 0.2) is 0 Å². The standard InChI is InChI=1S/C26H25NP/c1-4-14-24(15-5-1)28(25-16-6-2-7-17-25,26-18-8-3-9-19-26)21-11-13-23-12-10-20-27-22-23/h1-10,12,14-20,22H,11,13,21H2/q+1. The first kappa shape index (κ1) is 18.6. The molecular weight excluding hydrogens is 357 g/mol. The minimum absolute atomic E-state index is 1.06. The van der Waals surface area contributed by atoms with Gasteiger partial charge in [0.2, 0.25) is 0 Å². The molecule has 1 nitrogen and oxygen atoms in total. The van der Waals surface area contributed by atoms with Gasteiger partial charge >= 0.3 is 0 Å². The number of benzene rings is 3. The lowest BCUT2D eigenvalue weighted by molar-refractivity contribution is 0.919. The average Bonchev–Trinajstić information content (AvgIpc) is 2.79. The van der Waals surface area contributed by atoms with E-state index < -0.39 is 7.26 Å². The summed E-state index contributed by atoms with van der Waals surface area (Å²) in [5.41, 5.74) is 1.31. The summed E-state index contributed by atoms with van der Waals surface area (Å²) in [6.07, 6.45) is 7.19. The molecule has 0 aliphatic rings. The topological polar surface area (TPSA) is 12.9 Å². The zero-order valence-corrected chi connectivity index (χ0v) is 16.9. The molecule has 0 unspecified atom stereocenters. The van der Waals surface area contributed by atoms with Crippen molar-refractivity contribution in [2.45, 2.75) is 12.8 Å². The van der Waals surface area contributed by atoms with Gasteiger partial charge in [0, 0.05) is 12.4 Å². The monoisotopic (exact) mass is 382 g/mol. The summed E-state index contributed by atoms with van der Waals surface area (Å²) in [7, 11) is -1.71. The SMILES string of the molecule is c1ccc([P+](CCCc2cccnc2)(c2ccccc2)c2ccccc2)cc1. The summed E-state index contributed by atoms with van der Waals surface area (Å²) in [5, 5.41) is 4.37. The van der Waals surface area contributed by atoms with E-state index in [0.29, 0.717) is 0 Å². The Morgan fingerprint density at radius 2 is 1.07 bits per heavy atom. The third-order valence-corrected chi connectivity index (χ3v) is 9.80. The molecule has 0 saturated heterocycles. The molecule has 0 atom stereocenters. The molecule has 4 aromatic rings. The predicted octanol–water partition coefficient (Wildman–Crippen LogP) is 5.01. The third kappa shape index (κ3) is 3.91. The van der Waals surface area contributed by atoms with E-state index in [-0.39, 0.29) is 0 Å². The van der Waals surface area contributed by atoms with E-state index in [2.05, 4.69) is 102 Å². The molecule has 28 heavy (non-hydrogen) atoms. The molecule has 0 spiro atoms. The summed E-state index contributed by atoms with van der Waals surface area (Å²) in [5.74, 6) is 0. The van der Waals surface area contributed by atoms with Crippen LogP contribution in [0, 0.1) is 0 Å². The van der Waals surface area contributed by atoms with Crippen LogP contribution in [0.5, 0.6) is 0 Å². The maximum atomic E-state index is 4.28. The van der Waals surface area contributed by atoms with Crippen molar-refractivity contribution < 1.29 is 0 Å². The van der Waals surface area contributed by atoms with Gasteiger partial charge in [-0.05, 0) is 60.9 Å². The Kier molecular flexibility index (Phi) is 5.95. The molecule has 0 amide bonds. The molecule has 0 aliphatic heterocycles. The van der Waals surface area contributed by atoms with Crippen LogP contribution in [-0.2, 0) is 6.42 Å². The van der Waals surface area contributed by atoms with Gasteiger partial charge in [-0.1, -0.05) is 60.7 Å². The molecule has 0 bridgehead atoms. The maximum absolute atomic E-state index is 4.28. The van der Waals surface area contributed by atoms with Gasteiger partial charge < -0.3 is 0 Å². The van der Waals surface area contributed by atoms with Gasteiger partial charge in [-0.25, -0.2) is 0 Å². The van der Waals surface area contributed by atoms with E-state index >= 15 is 0 Å². The normalized spacial score (nSPS) is 11.3. The molecule has 3 aromatic carbocycles. The van der Waals surface area contributed by atoms with Crippen LogP contribution in [0.25, 0.3) is 0 Å². The van der Waals surface area contributed by atoms with Crippen molar-refractivity contribution in [2.24, 2.45) is 0 Å². The molecule has 0 N–H and O–H groups in total. The zero-order chi connectivity index (χ0) is 19.1. The Balaban J connectivity index is 1.79. The second-order valence-electron chi connectivity index (χ2n) is 7.00. The first-order chi connectivity index (χ1) is 13.9. The molecule has 138 valence electrons. The molecule has 2 heteroatoms. The molecule has 4 rings (SSSR count). The van der Waals surface area contributed by atoms with Gasteiger partial charge in [-0.3, -0.25) is 4.98 Å². The van der Waals surface area contributed by atoms with E-state index in [1.54, 1.807) is 0 Å². The van der Waals surface area contributed by atoms with E-state index in [1.165, 1.54) is 21.5 Å². The van der Waals surface area contributed by atoms with Crippen LogP contribution in [0.3, 0.4) is 0 Å². The van der Waals surface area contributed by atoms with Gasteiger partial charge in [-0.2, -0.15) is 0 Å². The highest BCUT2D eigenvalue weighted by atomic mass is 31.2. The van der Waals surface area contributed by atoms with E-state index in [1.807, 2.05) is 18.5 Å². The molecule has 0 aliphatic carbocycles. The number of hydrogen-bond acceptors (Lipinski definition) is 1. The number of hydrogen-bond donors (Lipinski definition) is 0. The van der Waals surface area contributed by atoms with Crippen molar-refractivity contribution in [3.8, 4) is 0 Å². The predicted molar refractivity (Wildman–Crippen MR) is 123 cm³/mol. The quantitative estimate of drug-likeness (QED) is 0.410. The Bertz CT molecular complexity index is 873. The summed E-state index contributed by atoms with van der Waals surface area (Å²) >= 11 is 0. The van der Waals surface area contributed by atoms with Crippen LogP contribution in [0.15, 0.2) is 116 Å². The van der Waals surface area contributed by atoms with Crippen molar-refractivity contribution in [2.75, 3.05) is 6.16 Å². The van der Waals surface area contributed by atoms with Gasteiger partial charge in [-0.15, -0.1) is 0 Å². The summed E-state index contributed by atoms with van der Waals surface area (Å²) in [6, 6.07) is 37.5. The second kappa shape index (κ2) is 8.95. The van der Waals surface area contributed by atoms with E-state index in [0.717, 1.165) is 19.0 Å². The largest absolute Gasteiger partial charge is 0.264 e. The summed E-state index contributed by atoms with van der Waals surface area (Å²) in [4.78, 5) is 4.28. The summed E-state index contributed by atoms with van der Waals surface area (Å²) < 4.78 is 0. The first-order valence-electron chi connectivity index (χ1n) is 9.83. The first-order valence-corrected chi connectivity index (χ1v) is 11.8. The van der Waals surface area contributed by atoms with Crippen LogP contribution >= 0.6 is 7.26 Å². The van der Waals surface area contributed by atoms with Crippen LogP contribution in [0.4, 0.5) is 0 Å². The molecule has 1 heterocycles. The van der Waals surface area contributed by atoms with Crippen LogP contribution in [0.2, 0.25) is 0 Å². The second-order valence-corrected chi connectivity index (χ2v) is 10.6. The Morgan fingerprint density at radius 1 is 0.571 bits per heavy atom. The lowest BCUT2D eigenvalue weighted by atomic mass is 10.2. The Labute approximate surface area is 168 Å². The molecular formula is C26H25NP+. The lowest BCUT2D eigenvalue weighted by Gasteiger charge is -2.27. The van der Waals surface area contributed by atoms with Gasteiger partial charge in [0.05, 0.1) is 6.16 Å². The highest BCUT2D eigenvalue weighted by molar-refractivity contribution is 7.95. The molecule has 1 aromatic heterocycles. The number of rotatable bonds is 7. The number of aryl methyl sites for hydroxylation is 1. The fourth-order valence-electron chi connectivity index (χ4n) is 3.95. The maximum Gasteiger partial charge on any atom is 0.112 e. The lowest BCUT2D eigenvalue weighted by Crippen LogP contribution is -2.33. The minimum atomic E-state index is -1.71. The Hall–Kier alpha value is -2.76. The third-order valence-electron chi connectivity index (χ3n) is 5.27. The minimum Gasteiger partial charge on any atom is -0.264 e. The molecule has 0 radical (unpaired) electrons. The molecule has 0 saturated carbocycles. The van der Waals surface area contributed by atoms with E-state index in [9.17, 15) is 0 Å². The van der Waals surface area contributed by atoms with Gasteiger partial charge in [0.1, 0.15) is 23.2 Å². The van der Waals surface area contributed by atoms with E-state index in [4.69, 9.17) is 0 Å². The fraction of sp³-hybridized carbons (Fsp3) is 0.115. The fourth-order valence-corrected chi connectivity index (χ4v) is 8.29. The number of nitrogens with zero attached hydrogens (tertiary/aromatic N) is 1. The van der Waals surface area contributed by atoms with Crippen molar-refractivity contribution in [3.05, 3.63) is 121 Å². The zero-order valence-electron chi connectivity index (χ0n) is 16.0. The van der Waals surface area contributed by atoms with Gasteiger partial charge in [0.25, 0.3) is 0 Å². The van der Waals surface area contributed by atoms with Crippen molar-refractivity contribution in [3.63, 3.8) is 0 Å². The van der Waals surface area contributed by atoms with Crippen LogP contribution in [-0.4, -0.2) is 11.1 Å². The molecule has 0 fully saturated rings.